The number of aliphatic hydroxyl groups excluding tert-OH is 1. The lowest BCUT2D eigenvalue weighted by molar-refractivity contribution is -0.0531. The maximum atomic E-state index is 10.5. The summed E-state index contributed by atoms with van der Waals surface area (Å²) in [5.74, 6) is 0.570. The number of anilines is 1. The molecular formula is C18H29NO. The Balaban J connectivity index is 2.25. The molecule has 1 aliphatic rings. The molecule has 1 saturated heterocycles. The minimum atomic E-state index is -0.263. The smallest absolute Gasteiger partial charge is 0.0675 e. The van der Waals surface area contributed by atoms with Gasteiger partial charge in [-0.15, -0.1) is 0 Å². The van der Waals surface area contributed by atoms with Gasteiger partial charge >= 0.3 is 0 Å². The first-order valence-corrected chi connectivity index (χ1v) is 7.66. The average molecular weight is 275 g/mol. The molecule has 2 rings (SSSR count). The lowest BCUT2D eigenvalue weighted by atomic mass is 9.68. The van der Waals surface area contributed by atoms with Crippen molar-refractivity contribution >= 4 is 5.69 Å². The van der Waals surface area contributed by atoms with Gasteiger partial charge in [0.1, 0.15) is 0 Å². The second kappa shape index (κ2) is 5.07. The number of nitrogens with zero attached hydrogens (tertiary/aromatic N) is 1. The van der Waals surface area contributed by atoms with Gasteiger partial charge < -0.3 is 10.0 Å². The number of hydrogen-bond donors (Lipinski definition) is 1. The van der Waals surface area contributed by atoms with Crippen LogP contribution in [0.1, 0.15) is 53.0 Å². The molecule has 1 aliphatic heterocycles. The summed E-state index contributed by atoms with van der Waals surface area (Å²) in [6, 6.07) is 8.90. The molecule has 0 atom stereocenters. The van der Waals surface area contributed by atoms with E-state index < -0.39 is 0 Å². The highest BCUT2D eigenvalue weighted by Crippen LogP contribution is 2.41. The molecule has 1 N–H and O–H groups in total. The Kier molecular flexibility index (Phi) is 3.90. The Hall–Kier alpha value is -1.02. The van der Waals surface area contributed by atoms with Crippen molar-refractivity contribution in [1.29, 1.82) is 0 Å². The molecule has 1 heterocycles. The van der Waals surface area contributed by atoms with E-state index >= 15 is 0 Å². The van der Waals surface area contributed by atoms with Gasteiger partial charge in [-0.05, 0) is 23.6 Å². The van der Waals surface area contributed by atoms with Crippen molar-refractivity contribution in [3.8, 4) is 0 Å². The van der Waals surface area contributed by atoms with E-state index in [1.54, 1.807) is 0 Å². The zero-order valence-electron chi connectivity index (χ0n) is 13.8. The van der Waals surface area contributed by atoms with Crippen LogP contribution in [0.5, 0.6) is 0 Å². The van der Waals surface area contributed by atoms with Gasteiger partial charge in [-0.2, -0.15) is 0 Å². The highest BCUT2D eigenvalue weighted by atomic mass is 16.3. The Morgan fingerprint density at radius 1 is 1.00 bits per heavy atom. The van der Waals surface area contributed by atoms with Crippen LogP contribution in [-0.2, 0) is 0 Å². The summed E-state index contributed by atoms with van der Waals surface area (Å²) in [6.07, 6.45) is -0.263. The molecule has 0 aromatic heterocycles. The Labute approximate surface area is 123 Å². The third kappa shape index (κ3) is 2.85. The van der Waals surface area contributed by atoms with E-state index in [2.05, 4.69) is 70.7 Å². The second-order valence-electron chi connectivity index (χ2n) is 7.98. The van der Waals surface area contributed by atoms with Crippen LogP contribution in [0.3, 0.4) is 0 Å². The van der Waals surface area contributed by atoms with Crippen LogP contribution in [0.15, 0.2) is 24.3 Å². The standard InChI is InChI=1S/C18H29NO/c1-13(2)14-7-9-15(10-8-14)19-11-17(3,4)16(20)18(5,6)12-19/h7-10,13,16,20H,11-12H2,1-6H3. The minimum Gasteiger partial charge on any atom is -0.392 e. The first-order valence-electron chi connectivity index (χ1n) is 7.66. The van der Waals surface area contributed by atoms with Crippen LogP contribution < -0.4 is 4.90 Å². The lowest BCUT2D eigenvalue weighted by Gasteiger charge is -2.51. The summed E-state index contributed by atoms with van der Waals surface area (Å²) >= 11 is 0. The molecule has 1 aromatic rings. The van der Waals surface area contributed by atoms with Crippen LogP contribution in [0.2, 0.25) is 0 Å². The van der Waals surface area contributed by atoms with E-state index in [0.717, 1.165) is 13.1 Å². The molecule has 112 valence electrons. The fourth-order valence-corrected chi connectivity index (χ4v) is 3.52. The highest BCUT2D eigenvalue weighted by Gasteiger charge is 2.45. The maximum absolute atomic E-state index is 10.5. The molecule has 0 spiro atoms. The number of hydrogen-bond acceptors (Lipinski definition) is 2. The number of rotatable bonds is 2. The van der Waals surface area contributed by atoms with Gasteiger partial charge in [0.15, 0.2) is 0 Å². The van der Waals surface area contributed by atoms with Gasteiger partial charge in [0.25, 0.3) is 0 Å². The zero-order chi connectivity index (χ0) is 15.1. The van der Waals surface area contributed by atoms with Gasteiger partial charge in [0.2, 0.25) is 0 Å². The van der Waals surface area contributed by atoms with E-state index in [1.807, 2.05) is 0 Å². The summed E-state index contributed by atoms with van der Waals surface area (Å²) in [4.78, 5) is 2.41. The van der Waals surface area contributed by atoms with Gasteiger partial charge in [0.05, 0.1) is 6.10 Å². The predicted octanol–water partition coefficient (Wildman–Crippen LogP) is 4.04. The molecule has 0 radical (unpaired) electrons. The molecule has 0 unspecified atom stereocenters. The Morgan fingerprint density at radius 2 is 1.45 bits per heavy atom. The van der Waals surface area contributed by atoms with Crippen molar-refractivity contribution in [3.05, 3.63) is 29.8 Å². The molecule has 2 heteroatoms. The van der Waals surface area contributed by atoms with E-state index in [4.69, 9.17) is 0 Å². The molecule has 0 amide bonds. The van der Waals surface area contributed by atoms with Crippen LogP contribution in [0.4, 0.5) is 5.69 Å². The zero-order valence-corrected chi connectivity index (χ0v) is 13.8. The number of piperidine rings is 1. The highest BCUT2D eigenvalue weighted by molar-refractivity contribution is 5.49. The van der Waals surface area contributed by atoms with Gasteiger partial charge in [-0.1, -0.05) is 53.7 Å². The van der Waals surface area contributed by atoms with Crippen LogP contribution in [0.25, 0.3) is 0 Å². The summed E-state index contributed by atoms with van der Waals surface area (Å²) in [5, 5.41) is 10.5. The Bertz CT molecular complexity index is 441. The molecule has 1 fully saturated rings. The van der Waals surface area contributed by atoms with Gasteiger partial charge in [0, 0.05) is 29.6 Å². The largest absolute Gasteiger partial charge is 0.392 e. The average Bonchev–Trinajstić information content (AvgIpc) is 2.35. The third-order valence-corrected chi connectivity index (χ3v) is 4.60. The second-order valence-corrected chi connectivity index (χ2v) is 7.98. The van der Waals surface area contributed by atoms with Crippen LogP contribution >= 0.6 is 0 Å². The first kappa shape index (κ1) is 15.4. The minimum absolute atomic E-state index is 0.0849. The Morgan fingerprint density at radius 3 is 1.85 bits per heavy atom. The molecule has 1 aromatic carbocycles. The monoisotopic (exact) mass is 275 g/mol. The van der Waals surface area contributed by atoms with Crippen molar-refractivity contribution in [2.75, 3.05) is 18.0 Å². The van der Waals surface area contributed by atoms with Crippen molar-refractivity contribution < 1.29 is 5.11 Å². The van der Waals surface area contributed by atoms with Gasteiger partial charge in [-0.3, -0.25) is 0 Å². The van der Waals surface area contributed by atoms with E-state index in [1.165, 1.54) is 11.3 Å². The topological polar surface area (TPSA) is 23.5 Å². The molecule has 0 aliphatic carbocycles. The van der Waals surface area contributed by atoms with E-state index in [-0.39, 0.29) is 16.9 Å². The predicted molar refractivity (Wildman–Crippen MR) is 86.3 cm³/mol. The van der Waals surface area contributed by atoms with Gasteiger partial charge in [-0.25, -0.2) is 0 Å². The summed E-state index contributed by atoms with van der Waals surface area (Å²) in [5.41, 5.74) is 2.48. The third-order valence-electron chi connectivity index (χ3n) is 4.60. The van der Waals surface area contributed by atoms with E-state index in [0.29, 0.717) is 5.92 Å². The summed E-state index contributed by atoms with van der Waals surface area (Å²) in [6.45, 7) is 14.9. The van der Waals surface area contributed by atoms with Crippen LogP contribution in [-0.4, -0.2) is 24.3 Å². The maximum Gasteiger partial charge on any atom is 0.0675 e. The lowest BCUT2D eigenvalue weighted by Crippen LogP contribution is -2.58. The summed E-state index contributed by atoms with van der Waals surface area (Å²) < 4.78 is 0. The molecule has 2 nitrogen and oxygen atoms in total. The van der Waals surface area contributed by atoms with Crippen molar-refractivity contribution in [3.63, 3.8) is 0 Å². The fraction of sp³-hybridized carbons (Fsp3) is 0.667. The number of benzene rings is 1. The van der Waals surface area contributed by atoms with Crippen molar-refractivity contribution in [2.24, 2.45) is 10.8 Å². The molecular weight excluding hydrogens is 246 g/mol. The van der Waals surface area contributed by atoms with E-state index in [9.17, 15) is 5.11 Å². The summed E-state index contributed by atoms with van der Waals surface area (Å²) in [7, 11) is 0. The number of aliphatic hydroxyl groups is 1. The molecule has 20 heavy (non-hydrogen) atoms. The van der Waals surface area contributed by atoms with Crippen LogP contribution in [0, 0.1) is 10.8 Å². The fourth-order valence-electron chi connectivity index (χ4n) is 3.52. The van der Waals surface area contributed by atoms with Crippen molar-refractivity contribution in [2.45, 2.75) is 53.6 Å². The normalized spacial score (nSPS) is 22.3. The SMILES string of the molecule is CC(C)c1ccc(N2CC(C)(C)C(O)C(C)(C)C2)cc1. The quantitative estimate of drug-likeness (QED) is 0.880. The first-order chi connectivity index (χ1) is 9.13. The molecule has 0 saturated carbocycles. The molecule has 0 bridgehead atoms. The van der Waals surface area contributed by atoms with Crippen molar-refractivity contribution in [1.82, 2.24) is 0 Å².